The Morgan fingerprint density at radius 2 is 0.605 bits per heavy atom. The van der Waals surface area contributed by atoms with E-state index >= 15 is 0 Å². The molecule has 2 aliphatic heterocycles. The predicted molar refractivity (Wildman–Crippen MR) is 349 cm³/mol. The molecule has 2 nitrogen and oxygen atoms in total. The molecule has 0 amide bonds. The van der Waals surface area contributed by atoms with Crippen LogP contribution in [0.3, 0.4) is 0 Å². The van der Waals surface area contributed by atoms with Crippen molar-refractivity contribution in [1.82, 2.24) is 0 Å². The lowest BCUT2D eigenvalue weighted by Crippen LogP contribution is -2.61. The highest BCUT2D eigenvalue weighted by Gasteiger charge is 2.44. The highest BCUT2D eigenvalue weighted by atomic mass is 15.2. The summed E-state index contributed by atoms with van der Waals surface area (Å²) in [5.74, 6) is 0. The molecular weight excluding hydrogens is 976 g/mol. The molecule has 0 fully saturated rings. The highest BCUT2D eigenvalue weighted by molar-refractivity contribution is 7.00. The molecule has 0 spiro atoms. The summed E-state index contributed by atoms with van der Waals surface area (Å²) in [4.78, 5) is 4.29. The zero-order chi connectivity index (χ0) is 65.9. The number of fused-ring (bicyclic) bond motifs is 4. The van der Waals surface area contributed by atoms with Gasteiger partial charge in [0.25, 0.3) is 6.71 Å². The smallest absolute Gasteiger partial charge is 0.252 e. The van der Waals surface area contributed by atoms with E-state index in [9.17, 15) is 0 Å². The first kappa shape index (κ1) is 39.5. The molecule has 0 aliphatic carbocycles. The number of nitrogens with zero attached hydrogens (tertiary/aromatic N) is 2. The molecule has 0 unspecified atom stereocenters. The molecule has 13 rings (SSSR count). The maximum Gasteiger partial charge on any atom is 0.252 e. The lowest BCUT2D eigenvalue weighted by Gasteiger charge is -2.45. The van der Waals surface area contributed by atoms with Crippen molar-refractivity contribution >= 4 is 57.2 Å². The lowest BCUT2D eigenvalue weighted by atomic mass is 9.33. The lowest BCUT2D eigenvalue weighted by molar-refractivity contribution is 0.590. The van der Waals surface area contributed by atoms with E-state index in [0.717, 1.165) is 83.6 Å². The van der Waals surface area contributed by atoms with Gasteiger partial charge in [0, 0.05) is 50.3 Å². The third-order valence-electron chi connectivity index (χ3n) is 16.6. The molecule has 0 atom stereocenters. The number of hydrogen-bond acceptors (Lipinski definition) is 2. The second-order valence-corrected chi connectivity index (χ2v) is 23.6. The quantitative estimate of drug-likeness (QED) is 0.140. The normalized spacial score (nSPS) is 15.6. The minimum absolute atomic E-state index is 0.0574. The molecule has 3 heteroatoms. The van der Waals surface area contributed by atoms with Gasteiger partial charge in [-0.25, -0.2) is 0 Å². The highest BCUT2D eigenvalue weighted by Crippen LogP contribution is 2.51. The van der Waals surface area contributed by atoms with Crippen molar-refractivity contribution in [2.75, 3.05) is 9.80 Å². The Bertz CT molecular complexity index is 4360. The van der Waals surface area contributed by atoms with Crippen LogP contribution in [0.2, 0.25) is 0 Å². The molecule has 2 aliphatic rings. The molecule has 394 valence electrons. The molecule has 0 radical (unpaired) electrons. The van der Waals surface area contributed by atoms with Gasteiger partial charge in [0.05, 0.1) is 11.4 Å². The third-order valence-corrected chi connectivity index (χ3v) is 16.6. The Labute approximate surface area is 498 Å². The standard InChI is InChI=1S/C78H69BN2/c1-50-22-19-23-51(2)74(50)64-30-15-17-32-68(64)80-70-34-21-35-71-76(70)79(66-46-40-56(48-72(66)80)62-28-13-11-26-60(62)54-36-42-58(43-37-54)77(5,6)7)67-47-41-57(63-29-14-12-27-61(63)55-38-44-59(45-39-55)78(8,9)10)49-73(67)81(71)69-33-18-16-31-65(69)75-52(3)24-20-25-53(75)4/h11-49H,1-10H3/i1D3,2D3,3D3,4D3. The van der Waals surface area contributed by atoms with Crippen LogP contribution in [0, 0.1) is 27.4 Å². The van der Waals surface area contributed by atoms with Gasteiger partial charge in [0.2, 0.25) is 0 Å². The average molecular weight is 1060 g/mol. The molecule has 0 saturated heterocycles. The largest absolute Gasteiger partial charge is 0.311 e. The second-order valence-electron chi connectivity index (χ2n) is 23.6. The maximum absolute atomic E-state index is 8.93. The van der Waals surface area contributed by atoms with Gasteiger partial charge in [-0.05, 0) is 180 Å². The zero-order valence-corrected chi connectivity index (χ0v) is 46.5. The molecule has 81 heavy (non-hydrogen) atoms. The van der Waals surface area contributed by atoms with E-state index in [-0.39, 0.29) is 44.2 Å². The summed E-state index contributed by atoms with van der Waals surface area (Å²) in [6, 6.07) is 77.1. The van der Waals surface area contributed by atoms with Crippen molar-refractivity contribution in [3.8, 4) is 66.8 Å². The molecule has 0 N–H and O–H groups in total. The zero-order valence-electron chi connectivity index (χ0n) is 58.5. The predicted octanol–water partition coefficient (Wildman–Crippen LogP) is 19.6. The Balaban J connectivity index is 1.13. The van der Waals surface area contributed by atoms with Crippen molar-refractivity contribution < 1.29 is 16.4 Å². The molecule has 0 aromatic heterocycles. The number of hydrogen-bond donors (Lipinski definition) is 0. The molecular formula is C78H69BN2. The van der Waals surface area contributed by atoms with E-state index in [0.29, 0.717) is 22.5 Å². The van der Waals surface area contributed by atoms with Crippen LogP contribution in [0.1, 0.15) is 91.4 Å². The van der Waals surface area contributed by atoms with Gasteiger partial charge in [-0.2, -0.15) is 0 Å². The van der Waals surface area contributed by atoms with Gasteiger partial charge >= 0.3 is 0 Å². The first-order valence-electron chi connectivity index (χ1n) is 33.9. The monoisotopic (exact) mass is 1060 g/mol. The average Bonchev–Trinajstić information content (AvgIpc) is 0.696. The summed E-state index contributed by atoms with van der Waals surface area (Å²) < 4.78 is 107. The van der Waals surface area contributed by atoms with Crippen molar-refractivity contribution in [3.63, 3.8) is 0 Å². The van der Waals surface area contributed by atoms with Crippen LogP contribution in [0.5, 0.6) is 0 Å². The Hall–Kier alpha value is -8.92. The van der Waals surface area contributed by atoms with Gasteiger partial charge in [-0.15, -0.1) is 0 Å². The second kappa shape index (κ2) is 20.0. The van der Waals surface area contributed by atoms with E-state index in [1.807, 2.05) is 66.7 Å². The number of benzene rings is 11. The van der Waals surface area contributed by atoms with Crippen LogP contribution in [0.4, 0.5) is 34.1 Å². The van der Waals surface area contributed by atoms with Crippen molar-refractivity contribution in [2.24, 2.45) is 0 Å². The number of rotatable bonds is 8. The number of para-hydroxylation sites is 2. The van der Waals surface area contributed by atoms with Crippen LogP contribution < -0.4 is 26.2 Å². The summed E-state index contributed by atoms with van der Waals surface area (Å²) in [6.07, 6.45) is 0. The van der Waals surface area contributed by atoms with E-state index < -0.39 is 34.1 Å². The van der Waals surface area contributed by atoms with Gasteiger partial charge in [-0.1, -0.05) is 242 Å². The first-order chi connectivity index (χ1) is 44.0. The van der Waals surface area contributed by atoms with E-state index in [1.165, 1.54) is 47.5 Å². The van der Waals surface area contributed by atoms with Gasteiger partial charge < -0.3 is 9.80 Å². The van der Waals surface area contributed by atoms with Crippen LogP contribution in [-0.2, 0) is 10.8 Å². The summed E-state index contributed by atoms with van der Waals surface area (Å²) in [5.41, 5.74) is 17.5. The van der Waals surface area contributed by atoms with Crippen molar-refractivity contribution in [3.05, 3.63) is 270 Å². The topological polar surface area (TPSA) is 6.48 Å². The maximum atomic E-state index is 8.93. The third kappa shape index (κ3) is 8.91. The number of anilines is 6. The van der Waals surface area contributed by atoms with Crippen LogP contribution in [0.25, 0.3) is 66.8 Å². The van der Waals surface area contributed by atoms with Gasteiger partial charge in [-0.3, -0.25) is 0 Å². The fourth-order valence-electron chi connectivity index (χ4n) is 12.5. The summed E-state index contributed by atoms with van der Waals surface area (Å²) >= 11 is 0. The SMILES string of the molecule is [2H]C([2H])([2H])c1cccc(C([2H])([2H])[2H])c1-c1ccccc1N1c2cc(-c3ccccc3-c3ccc(C(C)(C)C)cc3)ccc2B2c3ccc(-c4ccccc4-c4ccc(C(C)(C)C)cc4)cc3N(c3ccccc3-c3c(C([2H])([2H])[2H])cccc3C([2H])([2H])[2H])c3cccc1c32. The molecule has 11 aromatic rings. The van der Waals surface area contributed by atoms with Crippen LogP contribution in [-0.4, -0.2) is 6.71 Å². The summed E-state index contributed by atoms with van der Waals surface area (Å²) in [5, 5.41) is 0. The molecule has 0 saturated carbocycles. The Morgan fingerprint density at radius 1 is 0.296 bits per heavy atom. The minimum atomic E-state index is -2.71. The molecule has 2 heterocycles. The van der Waals surface area contributed by atoms with Gasteiger partial charge in [0.1, 0.15) is 0 Å². The fourth-order valence-corrected chi connectivity index (χ4v) is 12.5. The van der Waals surface area contributed by atoms with Gasteiger partial charge in [0.15, 0.2) is 0 Å². The Morgan fingerprint density at radius 3 is 0.963 bits per heavy atom. The fraction of sp³-hybridized carbons (Fsp3) is 0.154. The Kier molecular flexibility index (Phi) is 9.75. The minimum Gasteiger partial charge on any atom is -0.311 e. The molecule has 0 bridgehead atoms. The van der Waals surface area contributed by atoms with Crippen LogP contribution in [0.15, 0.2) is 237 Å². The number of aryl methyl sites for hydroxylation is 4. The summed E-state index contributed by atoms with van der Waals surface area (Å²) in [6.45, 7) is 1.86. The van der Waals surface area contributed by atoms with E-state index in [2.05, 4.69) is 161 Å². The van der Waals surface area contributed by atoms with Crippen LogP contribution >= 0.6 is 0 Å². The molecule has 11 aromatic carbocycles. The van der Waals surface area contributed by atoms with Crippen molar-refractivity contribution in [1.29, 1.82) is 0 Å². The van der Waals surface area contributed by atoms with E-state index in [1.54, 1.807) is 24.3 Å². The van der Waals surface area contributed by atoms with E-state index in [4.69, 9.17) is 16.4 Å². The summed E-state index contributed by atoms with van der Waals surface area (Å²) in [7, 11) is 0. The van der Waals surface area contributed by atoms with Crippen molar-refractivity contribution in [2.45, 2.75) is 79.8 Å². The first-order valence-corrected chi connectivity index (χ1v) is 27.9.